The molecule has 0 aliphatic rings. The van der Waals surface area contributed by atoms with Crippen LogP contribution >= 0.6 is 0 Å². The first kappa shape index (κ1) is 25.4. The zero-order valence-electron chi connectivity index (χ0n) is 18.0. The number of unbranched alkanes of at least 4 members (excludes halogenated alkanes) is 7. The Bertz CT molecular complexity index is 357. The maximum Gasteiger partial charge on any atom is 0.330 e. The Kier molecular flexibility index (Phi) is 17.4. The van der Waals surface area contributed by atoms with E-state index in [1.807, 2.05) is 6.92 Å². The molecule has 1 atom stereocenters. The Morgan fingerprint density at radius 3 is 2.08 bits per heavy atom. The molecule has 0 aromatic rings. The van der Waals surface area contributed by atoms with Crippen molar-refractivity contribution in [1.29, 1.82) is 0 Å². The van der Waals surface area contributed by atoms with Crippen molar-refractivity contribution in [1.82, 2.24) is 0 Å². The molecule has 0 radical (unpaired) electrons. The van der Waals surface area contributed by atoms with E-state index >= 15 is 0 Å². The average Bonchev–Trinajstić information content (AvgIpc) is 2.65. The summed E-state index contributed by atoms with van der Waals surface area (Å²) >= 11 is 0. The topological polar surface area (TPSA) is 35.5 Å². The highest BCUT2D eigenvalue weighted by Gasteiger charge is 2.31. The predicted molar refractivity (Wildman–Crippen MR) is 115 cm³/mol. The van der Waals surface area contributed by atoms with Crippen molar-refractivity contribution in [3.63, 3.8) is 0 Å². The Morgan fingerprint density at radius 2 is 1.42 bits per heavy atom. The lowest BCUT2D eigenvalue weighted by Crippen LogP contribution is -2.37. The van der Waals surface area contributed by atoms with Crippen molar-refractivity contribution in [2.45, 2.75) is 110 Å². The molecule has 3 nitrogen and oxygen atoms in total. The molecule has 26 heavy (non-hydrogen) atoms. The van der Waals surface area contributed by atoms with Gasteiger partial charge < -0.3 is 9.16 Å². The molecule has 0 aromatic carbocycles. The van der Waals surface area contributed by atoms with Crippen molar-refractivity contribution >= 4 is 14.3 Å². The first-order valence-electron chi connectivity index (χ1n) is 11.1. The van der Waals surface area contributed by atoms with E-state index in [-0.39, 0.29) is 5.97 Å². The van der Waals surface area contributed by atoms with Gasteiger partial charge in [0.05, 0.1) is 6.61 Å². The second-order valence-corrected chi connectivity index (χ2v) is 11.7. The largest absolute Gasteiger partial charge is 0.463 e. The molecule has 0 N–H and O–H groups in total. The number of carbonyl (C=O) groups is 1. The molecular weight excluding hydrogens is 340 g/mol. The van der Waals surface area contributed by atoms with Crippen molar-refractivity contribution in [3.05, 3.63) is 12.2 Å². The van der Waals surface area contributed by atoms with Crippen LogP contribution in [0, 0.1) is 0 Å². The molecule has 0 bridgehead atoms. The predicted octanol–water partition coefficient (Wildman–Crippen LogP) is 7.03. The molecule has 0 aromatic heterocycles. The lowest BCUT2D eigenvalue weighted by molar-refractivity contribution is -0.137. The normalized spacial score (nSPS) is 13.8. The first-order chi connectivity index (χ1) is 12.6. The molecule has 154 valence electrons. The lowest BCUT2D eigenvalue weighted by Gasteiger charge is -2.31. The summed E-state index contributed by atoms with van der Waals surface area (Å²) in [6.07, 6.45) is 15.5. The molecule has 0 aliphatic heterocycles. The lowest BCUT2D eigenvalue weighted by atomic mass is 10.2. The second-order valence-electron chi connectivity index (χ2n) is 7.38. The molecule has 0 saturated heterocycles. The van der Waals surface area contributed by atoms with Crippen LogP contribution < -0.4 is 0 Å². The smallest absolute Gasteiger partial charge is 0.330 e. The van der Waals surface area contributed by atoms with Gasteiger partial charge in [-0.25, -0.2) is 4.79 Å². The Hall–Kier alpha value is -0.613. The molecule has 0 fully saturated rings. The van der Waals surface area contributed by atoms with E-state index in [9.17, 15) is 4.79 Å². The van der Waals surface area contributed by atoms with Gasteiger partial charge in [-0.1, -0.05) is 78.2 Å². The van der Waals surface area contributed by atoms with Gasteiger partial charge in [-0.15, -0.1) is 0 Å². The minimum Gasteiger partial charge on any atom is -0.463 e. The summed E-state index contributed by atoms with van der Waals surface area (Å²) in [7, 11) is -1.52. The average molecular weight is 385 g/mol. The van der Waals surface area contributed by atoms with Crippen LogP contribution in [0.1, 0.15) is 91.9 Å². The molecule has 0 aliphatic carbocycles. The second kappa shape index (κ2) is 17.8. The first-order valence-corrected chi connectivity index (χ1v) is 13.6. The highest BCUT2D eigenvalue weighted by atomic mass is 28.4. The summed E-state index contributed by atoms with van der Waals surface area (Å²) in [6, 6.07) is 3.93. The van der Waals surface area contributed by atoms with E-state index < -0.39 is 8.32 Å². The van der Waals surface area contributed by atoms with Gasteiger partial charge in [0.1, 0.15) is 0 Å². The zero-order chi connectivity index (χ0) is 19.5. The van der Waals surface area contributed by atoms with E-state index in [0.29, 0.717) is 6.61 Å². The summed E-state index contributed by atoms with van der Waals surface area (Å²) in [5, 5.41) is 0. The van der Waals surface area contributed by atoms with Crippen LogP contribution in [0.5, 0.6) is 0 Å². The number of rotatable bonds is 18. The van der Waals surface area contributed by atoms with Crippen LogP contribution in [0.2, 0.25) is 18.1 Å². The summed E-state index contributed by atoms with van der Waals surface area (Å²) in [5.41, 5.74) is 0. The van der Waals surface area contributed by atoms with Gasteiger partial charge in [-0.2, -0.15) is 0 Å². The number of hydrogen-bond donors (Lipinski definition) is 0. The van der Waals surface area contributed by atoms with Crippen LogP contribution in [-0.4, -0.2) is 27.5 Å². The van der Waals surface area contributed by atoms with E-state index in [0.717, 1.165) is 19.4 Å². The summed E-state index contributed by atoms with van der Waals surface area (Å²) < 4.78 is 11.7. The third-order valence-electron chi connectivity index (χ3n) is 5.11. The molecule has 0 heterocycles. The van der Waals surface area contributed by atoms with Crippen molar-refractivity contribution in [3.8, 4) is 0 Å². The number of carbonyl (C=O) groups excluding carboxylic acids is 1. The van der Waals surface area contributed by atoms with Gasteiger partial charge in [0.25, 0.3) is 0 Å². The fourth-order valence-electron chi connectivity index (χ4n) is 3.30. The van der Waals surface area contributed by atoms with Crippen LogP contribution in [0.3, 0.4) is 0 Å². The number of esters is 1. The Morgan fingerprint density at radius 1 is 0.808 bits per heavy atom. The third-order valence-corrected chi connectivity index (χ3v) is 9.74. The van der Waals surface area contributed by atoms with Crippen LogP contribution in [0.4, 0.5) is 0 Å². The number of ether oxygens (including phenoxy) is 1. The van der Waals surface area contributed by atoms with Gasteiger partial charge >= 0.3 is 5.97 Å². The molecule has 0 rings (SSSR count). The minimum absolute atomic E-state index is 0.220. The van der Waals surface area contributed by atoms with E-state index in [1.54, 1.807) is 6.08 Å². The summed E-state index contributed by atoms with van der Waals surface area (Å²) in [4.78, 5) is 11.2. The maximum atomic E-state index is 11.2. The zero-order valence-corrected chi connectivity index (χ0v) is 19.0. The van der Waals surface area contributed by atoms with Crippen molar-refractivity contribution in [2.24, 2.45) is 0 Å². The minimum atomic E-state index is -1.52. The highest BCUT2D eigenvalue weighted by molar-refractivity contribution is 6.73. The molecule has 1 unspecified atom stereocenters. The van der Waals surface area contributed by atoms with Gasteiger partial charge in [0.15, 0.2) is 8.32 Å². The standard InChI is InChI=1S/C22H44O3Si/c1-5-9-14-19-25-26(8-4,20-10-6-2)21-16-13-11-12-15-18-24-22(23)17-7-3/h7,17H,5-6,8-16,18-21H2,1-4H3. The number of hydrogen-bond acceptors (Lipinski definition) is 3. The quantitative estimate of drug-likeness (QED) is 0.110. The van der Waals surface area contributed by atoms with Crippen LogP contribution in [-0.2, 0) is 14.0 Å². The molecule has 0 saturated carbocycles. The van der Waals surface area contributed by atoms with Crippen LogP contribution in [0.25, 0.3) is 0 Å². The monoisotopic (exact) mass is 384 g/mol. The van der Waals surface area contributed by atoms with E-state index in [2.05, 4.69) is 20.8 Å². The molecule has 0 amide bonds. The summed E-state index contributed by atoms with van der Waals surface area (Å²) in [5.74, 6) is -0.220. The Labute approximate surface area is 164 Å². The molecule has 4 heteroatoms. The van der Waals surface area contributed by atoms with Crippen LogP contribution in [0.15, 0.2) is 12.2 Å². The van der Waals surface area contributed by atoms with Gasteiger partial charge in [-0.3, -0.25) is 0 Å². The van der Waals surface area contributed by atoms with Gasteiger partial charge in [0, 0.05) is 12.7 Å². The van der Waals surface area contributed by atoms with Crippen molar-refractivity contribution in [2.75, 3.05) is 13.2 Å². The SMILES string of the molecule is CC=CC(=O)OCCCCCCC[Si](CC)(CCCC)OCCCCC. The summed E-state index contributed by atoms with van der Waals surface area (Å²) in [6.45, 7) is 10.2. The van der Waals surface area contributed by atoms with Crippen molar-refractivity contribution < 1.29 is 14.0 Å². The molecular formula is C22H44O3Si. The highest BCUT2D eigenvalue weighted by Crippen LogP contribution is 2.28. The Balaban J connectivity index is 3.98. The van der Waals surface area contributed by atoms with Gasteiger partial charge in [-0.05, 0) is 37.9 Å². The van der Waals surface area contributed by atoms with Gasteiger partial charge in [0.2, 0.25) is 0 Å². The van der Waals surface area contributed by atoms with E-state index in [1.165, 1.54) is 75.6 Å². The third kappa shape index (κ3) is 13.6. The number of allylic oxidation sites excluding steroid dienone is 1. The fraction of sp³-hybridized carbons (Fsp3) is 0.864. The van der Waals surface area contributed by atoms with E-state index in [4.69, 9.17) is 9.16 Å². The maximum absolute atomic E-state index is 11.2. The fourth-order valence-corrected chi connectivity index (χ4v) is 7.22. The molecule has 0 spiro atoms.